The first-order valence-electron chi connectivity index (χ1n) is 9.87. The van der Waals surface area contributed by atoms with Gasteiger partial charge in [0, 0.05) is 46.8 Å². The van der Waals surface area contributed by atoms with E-state index in [4.69, 9.17) is 0 Å². The molecule has 0 atom stereocenters. The fraction of sp³-hybridized carbons (Fsp3) is 0.619. The summed E-state index contributed by atoms with van der Waals surface area (Å²) in [5.41, 5.74) is 2.61. The van der Waals surface area contributed by atoms with Crippen molar-refractivity contribution >= 4 is 11.8 Å². The molecular weight excluding hydrogens is 340 g/mol. The van der Waals surface area contributed by atoms with Crippen molar-refractivity contribution in [2.45, 2.75) is 26.8 Å². The number of hydrogen-bond acceptors (Lipinski definition) is 4. The van der Waals surface area contributed by atoms with Gasteiger partial charge < -0.3 is 9.80 Å². The van der Waals surface area contributed by atoms with Crippen LogP contribution in [0.25, 0.3) is 0 Å². The molecule has 1 aromatic rings. The van der Waals surface area contributed by atoms with Crippen LogP contribution < -0.4 is 0 Å². The van der Waals surface area contributed by atoms with Gasteiger partial charge in [-0.2, -0.15) is 0 Å². The topological polar surface area (TPSA) is 47.1 Å². The van der Waals surface area contributed by atoms with Crippen LogP contribution in [0.3, 0.4) is 0 Å². The van der Waals surface area contributed by atoms with Gasteiger partial charge >= 0.3 is 0 Å². The Labute approximate surface area is 163 Å². The van der Waals surface area contributed by atoms with E-state index in [1.807, 2.05) is 9.80 Å². The van der Waals surface area contributed by atoms with Crippen molar-refractivity contribution in [1.29, 1.82) is 0 Å². The monoisotopic (exact) mass is 374 g/mol. The number of piperazine rings is 1. The van der Waals surface area contributed by atoms with E-state index in [0.29, 0.717) is 13.1 Å². The van der Waals surface area contributed by atoms with Gasteiger partial charge in [0.05, 0.1) is 13.1 Å². The zero-order valence-electron chi connectivity index (χ0n) is 17.3. The number of carbonyl (C=O) groups excluding carboxylic acids is 2. The van der Waals surface area contributed by atoms with Crippen LogP contribution in [0.2, 0.25) is 0 Å². The van der Waals surface area contributed by atoms with E-state index in [-0.39, 0.29) is 11.8 Å². The Balaban J connectivity index is 1.81. The molecule has 1 aromatic carbocycles. The Morgan fingerprint density at radius 2 is 1.78 bits per heavy atom. The number of nitrogens with zero attached hydrogens (tertiary/aromatic N) is 4. The van der Waals surface area contributed by atoms with Crippen LogP contribution in [-0.4, -0.2) is 91.3 Å². The van der Waals surface area contributed by atoms with Gasteiger partial charge in [0.15, 0.2) is 0 Å². The lowest BCUT2D eigenvalue weighted by Gasteiger charge is -2.36. The molecular formula is C21H34N4O2. The molecule has 1 aliphatic heterocycles. The molecule has 6 nitrogen and oxygen atoms in total. The van der Waals surface area contributed by atoms with E-state index in [1.54, 1.807) is 19.0 Å². The number of carbonyl (C=O) groups is 2. The molecule has 6 heteroatoms. The van der Waals surface area contributed by atoms with E-state index in [9.17, 15) is 9.59 Å². The van der Waals surface area contributed by atoms with Crippen LogP contribution >= 0.6 is 0 Å². The maximum Gasteiger partial charge on any atom is 0.236 e. The maximum atomic E-state index is 12.7. The highest BCUT2D eigenvalue weighted by molar-refractivity contribution is 5.81. The molecule has 1 saturated heterocycles. The first-order valence-corrected chi connectivity index (χ1v) is 9.87. The van der Waals surface area contributed by atoms with Crippen LogP contribution in [0.1, 0.15) is 24.5 Å². The van der Waals surface area contributed by atoms with Crippen molar-refractivity contribution in [3.8, 4) is 0 Å². The summed E-state index contributed by atoms with van der Waals surface area (Å²) in [6, 6.07) is 8.60. The van der Waals surface area contributed by atoms with Crippen LogP contribution in [0.5, 0.6) is 0 Å². The van der Waals surface area contributed by atoms with Crippen molar-refractivity contribution in [1.82, 2.24) is 19.6 Å². The van der Waals surface area contributed by atoms with Gasteiger partial charge in [0.2, 0.25) is 11.8 Å². The summed E-state index contributed by atoms with van der Waals surface area (Å²) in [6.45, 7) is 9.81. The molecule has 0 spiro atoms. The highest BCUT2D eigenvalue weighted by Crippen LogP contribution is 2.11. The molecule has 0 aromatic heterocycles. The molecule has 2 rings (SSSR count). The maximum absolute atomic E-state index is 12.7. The highest BCUT2D eigenvalue weighted by atomic mass is 16.2. The smallest absolute Gasteiger partial charge is 0.236 e. The Morgan fingerprint density at radius 3 is 2.37 bits per heavy atom. The lowest BCUT2D eigenvalue weighted by atomic mass is 10.1. The fourth-order valence-electron chi connectivity index (χ4n) is 3.38. The molecule has 0 unspecified atom stereocenters. The van der Waals surface area contributed by atoms with Crippen molar-refractivity contribution in [2.24, 2.45) is 0 Å². The molecule has 1 fully saturated rings. The SMILES string of the molecule is CCCN(CC(=O)N(C)C)CC(=O)N1CCN(Cc2cccc(C)c2)CC1. The number of aryl methyl sites for hydroxylation is 1. The number of likely N-dealkylation sites (N-methyl/N-ethyl adjacent to an activating group) is 1. The first kappa shape index (κ1) is 21.4. The van der Waals surface area contributed by atoms with Gasteiger partial charge in [-0.1, -0.05) is 36.8 Å². The number of rotatable bonds is 8. The Morgan fingerprint density at radius 1 is 1.07 bits per heavy atom. The van der Waals surface area contributed by atoms with Crippen molar-refractivity contribution in [3.05, 3.63) is 35.4 Å². The summed E-state index contributed by atoms with van der Waals surface area (Å²) < 4.78 is 0. The van der Waals surface area contributed by atoms with Crippen molar-refractivity contribution in [2.75, 3.05) is 59.9 Å². The minimum absolute atomic E-state index is 0.0409. The summed E-state index contributed by atoms with van der Waals surface area (Å²) in [4.78, 5) is 32.5. The van der Waals surface area contributed by atoms with Crippen molar-refractivity contribution < 1.29 is 9.59 Å². The zero-order valence-corrected chi connectivity index (χ0v) is 17.3. The van der Waals surface area contributed by atoms with Gasteiger partial charge in [0.25, 0.3) is 0 Å². The normalized spacial score (nSPS) is 15.2. The molecule has 2 amide bonds. The first-order chi connectivity index (χ1) is 12.9. The molecule has 1 heterocycles. The predicted octanol–water partition coefficient (Wildman–Crippen LogP) is 1.44. The molecule has 0 saturated carbocycles. The van der Waals surface area contributed by atoms with Gasteiger partial charge in [-0.15, -0.1) is 0 Å². The van der Waals surface area contributed by atoms with E-state index >= 15 is 0 Å². The van der Waals surface area contributed by atoms with Crippen LogP contribution in [0.15, 0.2) is 24.3 Å². The second-order valence-electron chi connectivity index (χ2n) is 7.64. The van der Waals surface area contributed by atoms with Crippen LogP contribution in [-0.2, 0) is 16.1 Å². The van der Waals surface area contributed by atoms with Gasteiger partial charge in [-0.25, -0.2) is 0 Å². The van der Waals surface area contributed by atoms with Crippen LogP contribution in [0.4, 0.5) is 0 Å². The molecule has 27 heavy (non-hydrogen) atoms. The molecule has 0 aliphatic carbocycles. The zero-order chi connectivity index (χ0) is 19.8. The minimum Gasteiger partial charge on any atom is -0.348 e. The van der Waals surface area contributed by atoms with E-state index < -0.39 is 0 Å². The third-order valence-corrected chi connectivity index (χ3v) is 4.97. The predicted molar refractivity (Wildman–Crippen MR) is 108 cm³/mol. The average Bonchev–Trinajstić information content (AvgIpc) is 2.62. The quantitative estimate of drug-likeness (QED) is 0.691. The van der Waals surface area contributed by atoms with Crippen LogP contribution in [0, 0.1) is 6.92 Å². The Kier molecular flexibility index (Phi) is 8.25. The molecule has 0 N–H and O–H groups in total. The second-order valence-corrected chi connectivity index (χ2v) is 7.64. The lowest BCUT2D eigenvalue weighted by molar-refractivity contribution is -0.136. The Bertz CT molecular complexity index is 624. The average molecular weight is 375 g/mol. The second kappa shape index (κ2) is 10.4. The summed E-state index contributed by atoms with van der Waals surface area (Å²) >= 11 is 0. The molecule has 1 aliphatic rings. The van der Waals surface area contributed by atoms with Gasteiger partial charge in [-0.3, -0.25) is 19.4 Å². The summed E-state index contributed by atoms with van der Waals surface area (Å²) in [6.07, 6.45) is 0.929. The van der Waals surface area contributed by atoms with E-state index in [2.05, 4.69) is 43.0 Å². The lowest BCUT2D eigenvalue weighted by Crippen LogP contribution is -2.51. The van der Waals surface area contributed by atoms with E-state index in [1.165, 1.54) is 11.1 Å². The molecule has 150 valence electrons. The summed E-state index contributed by atoms with van der Waals surface area (Å²) in [7, 11) is 3.50. The molecule has 0 radical (unpaired) electrons. The molecule has 0 bridgehead atoms. The highest BCUT2D eigenvalue weighted by Gasteiger charge is 2.23. The minimum atomic E-state index is 0.0409. The summed E-state index contributed by atoms with van der Waals surface area (Å²) in [5.74, 6) is 0.171. The fourth-order valence-corrected chi connectivity index (χ4v) is 3.38. The van der Waals surface area contributed by atoms with Gasteiger partial charge in [0.1, 0.15) is 0 Å². The largest absolute Gasteiger partial charge is 0.348 e. The third kappa shape index (κ3) is 6.96. The number of hydrogen-bond donors (Lipinski definition) is 0. The van der Waals surface area contributed by atoms with E-state index in [0.717, 1.165) is 45.7 Å². The van der Waals surface area contributed by atoms with Crippen molar-refractivity contribution in [3.63, 3.8) is 0 Å². The third-order valence-electron chi connectivity index (χ3n) is 4.97. The number of benzene rings is 1. The summed E-state index contributed by atoms with van der Waals surface area (Å²) in [5, 5.41) is 0. The standard InChI is InChI=1S/C21H34N4O2/c1-5-9-24(16-20(26)22(3)4)17-21(27)25-12-10-23(11-13-25)15-19-8-6-7-18(2)14-19/h6-8,14H,5,9-13,15-17H2,1-4H3. The van der Waals surface area contributed by atoms with Gasteiger partial charge in [-0.05, 0) is 25.5 Å². The number of amides is 2. The Hall–Kier alpha value is -1.92.